The number of hydrogen-bond donors (Lipinski definition) is 0. The van der Waals surface area contributed by atoms with E-state index in [0.717, 1.165) is 0 Å². The smallest absolute Gasteiger partial charge is 0.115 e. The summed E-state index contributed by atoms with van der Waals surface area (Å²) < 4.78 is 28.9. The zero-order valence-electron chi connectivity index (χ0n) is 13.7. The Bertz CT molecular complexity index is 368. The zero-order valence-corrected chi connectivity index (χ0v) is 13.7. The molecule has 23 heavy (non-hydrogen) atoms. The third-order valence-electron chi connectivity index (χ3n) is 3.29. The quantitative estimate of drug-likeness (QED) is 0.384. The highest BCUT2D eigenvalue weighted by molar-refractivity contribution is 4.92. The number of ether oxygens (including phenoxy) is 5. The monoisotopic (exact) mass is 324 g/mol. The van der Waals surface area contributed by atoms with Crippen molar-refractivity contribution in [3.63, 3.8) is 0 Å². The zero-order chi connectivity index (χ0) is 16.9. The Morgan fingerprint density at radius 1 is 0.783 bits per heavy atom. The molecule has 1 heterocycles. The summed E-state index contributed by atoms with van der Waals surface area (Å²) in [5.74, 6) is 0. The largest absolute Gasteiger partial charge is 0.375 e. The lowest BCUT2D eigenvalue weighted by molar-refractivity contribution is -0.231. The maximum Gasteiger partial charge on any atom is 0.115 e. The van der Waals surface area contributed by atoms with Crippen molar-refractivity contribution in [3.8, 4) is 0 Å². The van der Waals surface area contributed by atoms with Gasteiger partial charge in [0.05, 0.1) is 39.6 Å². The van der Waals surface area contributed by atoms with Gasteiger partial charge in [0, 0.05) is 0 Å². The first-order chi connectivity index (χ1) is 11.3. The predicted molar refractivity (Wildman–Crippen MR) is 90.6 cm³/mol. The van der Waals surface area contributed by atoms with E-state index < -0.39 is 0 Å². The fourth-order valence-corrected chi connectivity index (χ4v) is 2.34. The van der Waals surface area contributed by atoms with Crippen LogP contribution in [-0.4, -0.2) is 64.1 Å². The summed E-state index contributed by atoms with van der Waals surface area (Å²) in [4.78, 5) is 0. The topological polar surface area (TPSA) is 46.2 Å². The van der Waals surface area contributed by atoms with Crippen LogP contribution >= 0.6 is 0 Å². The van der Waals surface area contributed by atoms with Crippen molar-refractivity contribution in [2.75, 3.05) is 39.6 Å². The second-order valence-electron chi connectivity index (χ2n) is 5.03. The van der Waals surface area contributed by atoms with E-state index in [0.29, 0.717) is 39.6 Å². The van der Waals surface area contributed by atoms with Crippen LogP contribution in [0.4, 0.5) is 0 Å². The average Bonchev–Trinajstić information content (AvgIpc) is 2.57. The molecule has 0 radical (unpaired) electrons. The fraction of sp³-hybridized carbons (Fsp3) is 0.556. The van der Waals surface area contributed by atoms with Gasteiger partial charge in [-0.1, -0.05) is 24.3 Å². The second kappa shape index (κ2) is 12.2. The van der Waals surface area contributed by atoms with Crippen LogP contribution in [0.5, 0.6) is 0 Å². The summed E-state index contributed by atoms with van der Waals surface area (Å²) >= 11 is 0. The van der Waals surface area contributed by atoms with Gasteiger partial charge in [-0.2, -0.15) is 0 Å². The molecule has 1 aliphatic rings. The van der Waals surface area contributed by atoms with Gasteiger partial charge in [0.2, 0.25) is 0 Å². The van der Waals surface area contributed by atoms with Gasteiger partial charge < -0.3 is 23.7 Å². The van der Waals surface area contributed by atoms with Crippen molar-refractivity contribution in [2.45, 2.75) is 24.4 Å². The lowest BCUT2D eigenvalue weighted by Gasteiger charge is -2.41. The minimum absolute atomic E-state index is 0.238. The molecule has 0 saturated carbocycles. The Balaban J connectivity index is 2.79. The lowest BCUT2D eigenvalue weighted by Crippen LogP contribution is -2.57. The molecule has 5 nitrogen and oxygen atoms in total. The Morgan fingerprint density at radius 3 is 1.96 bits per heavy atom. The molecule has 0 bridgehead atoms. The van der Waals surface area contributed by atoms with Crippen molar-refractivity contribution in [1.82, 2.24) is 0 Å². The molecule has 1 fully saturated rings. The summed E-state index contributed by atoms with van der Waals surface area (Å²) in [6, 6.07) is 0. The van der Waals surface area contributed by atoms with Gasteiger partial charge in [-0.05, 0) is 0 Å². The van der Waals surface area contributed by atoms with Crippen LogP contribution in [0.2, 0.25) is 0 Å². The van der Waals surface area contributed by atoms with Gasteiger partial charge in [-0.3, -0.25) is 0 Å². The molecule has 0 aromatic heterocycles. The van der Waals surface area contributed by atoms with Crippen molar-refractivity contribution < 1.29 is 23.7 Å². The first-order valence-electron chi connectivity index (χ1n) is 7.76. The molecule has 0 N–H and O–H groups in total. The summed E-state index contributed by atoms with van der Waals surface area (Å²) in [6.45, 7) is 17.2. The molecule has 0 aliphatic carbocycles. The molecule has 0 spiro atoms. The van der Waals surface area contributed by atoms with Crippen molar-refractivity contribution in [2.24, 2.45) is 0 Å². The first kappa shape index (κ1) is 19.8. The molecule has 1 rings (SSSR count). The second-order valence-corrected chi connectivity index (χ2v) is 5.03. The Hall–Kier alpha value is -1.24. The van der Waals surface area contributed by atoms with E-state index >= 15 is 0 Å². The van der Waals surface area contributed by atoms with Gasteiger partial charge in [0.1, 0.15) is 24.4 Å². The van der Waals surface area contributed by atoms with Crippen LogP contribution in [0.3, 0.4) is 0 Å². The highest BCUT2D eigenvalue weighted by Gasteiger charge is 2.42. The summed E-state index contributed by atoms with van der Waals surface area (Å²) in [5, 5.41) is 0. The molecule has 1 aliphatic heterocycles. The van der Waals surface area contributed by atoms with Gasteiger partial charge in [0.25, 0.3) is 0 Å². The molecule has 0 aromatic carbocycles. The highest BCUT2D eigenvalue weighted by Crippen LogP contribution is 2.24. The van der Waals surface area contributed by atoms with Gasteiger partial charge >= 0.3 is 0 Å². The minimum atomic E-state index is -0.318. The van der Waals surface area contributed by atoms with E-state index in [1.807, 2.05) is 0 Å². The van der Waals surface area contributed by atoms with Crippen LogP contribution < -0.4 is 0 Å². The van der Waals surface area contributed by atoms with Crippen LogP contribution in [0.1, 0.15) is 0 Å². The lowest BCUT2D eigenvalue weighted by atomic mass is 9.99. The standard InChI is InChI=1S/C18H28O5/c1-5-9-19-13-15-17(21-11-7-3)18(22-12-8-4)16(14-23-15)20-10-6-2/h5-8,15-18H,1-4,9-14H2/t15?,16-,17+,18+/m1/s1. The summed E-state index contributed by atoms with van der Waals surface area (Å²) in [7, 11) is 0. The molecule has 0 amide bonds. The molecule has 1 saturated heterocycles. The summed E-state index contributed by atoms with van der Waals surface area (Å²) in [5.41, 5.74) is 0. The normalized spacial score (nSPS) is 27.3. The average molecular weight is 324 g/mol. The maximum absolute atomic E-state index is 5.90. The van der Waals surface area contributed by atoms with Crippen molar-refractivity contribution in [1.29, 1.82) is 0 Å². The highest BCUT2D eigenvalue weighted by atomic mass is 16.6. The molecule has 5 heteroatoms. The Kier molecular flexibility index (Phi) is 10.5. The summed E-state index contributed by atoms with van der Waals surface area (Å²) in [6.07, 6.45) is 5.72. The van der Waals surface area contributed by atoms with E-state index in [2.05, 4.69) is 26.3 Å². The number of hydrogen-bond acceptors (Lipinski definition) is 5. The van der Waals surface area contributed by atoms with E-state index in [1.165, 1.54) is 0 Å². The van der Waals surface area contributed by atoms with Crippen LogP contribution in [0.15, 0.2) is 50.6 Å². The first-order valence-corrected chi connectivity index (χ1v) is 7.76. The van der Waals surface area contributed by atoms with Gasteiger partial charge in [0.15, 0.2) is 0 Å². The maximum atomic E-state index is 5.90. The molecular weight excluding hydrogens is 296 g/mol. The van der Waals surface area contributed by atoms with Crippen LogP contribution in [-0.2, 0) is 23.7 Å². The van der Waals surface area contributed by atoms with E-state index in [9.17, 15) is 0 Å². The van der Waals surface area contributed by atoms with Crippen molar-refractivity contribution in [3.05, 3.63) is 50.6 Å². The fourth-order valence-electron chi connectivity index (χ4n) is 2.34. The molecule has 4 atom stereocenters. The third-order valence-corrected chi connectivity index (χ3v) is 3.29. The van der Waals surface area contributed by atoms with Gasteiger partial charge in [-0.15, -0.1) is 26.3 Å². The third kappa shape index (κ3) is 6.81. The van der Waals surface area contributed by atoms with Crippen LogP contribution in [0.25, 0.3) is 0 Å². The van der Waals surface area contributed by atoms with Crippen molar-refractivity contribution >= 4 is 0 Å². The van der Waals surface area contributed by atoms with E-state index in [4.69, 9.17) is 23.7 Å². The van der Waals surface area contributed by atoms with Crippen LogP contribution in [0, 0.1) is 0 Å². The minimum Gasteiger partial charge on any atom is -0.375 e. The van der Waals surface area contributed by atoms with Gasteiger partial charge in [-0.25, -0.2) is 0 Å². The SMILES string of the molecule is C=CCOCC1OC[C@@H](OCC=C)[C@H](OCC=C)[C@H]1OCC=C. The Labute approximate surface area is 139 Å². The number of rotatable bonds is 13. The molecule has 1 unspecified atom stereocenters. The molecule has 0 aromatic rings. The molecular formula is C18H28O5. The van der Waals surface area contributed by atoms with E-state index in [-0.39, 0.29) is 24.4 Å². The predicted octanol–water partition coefficient (Wildman–Crippen LogP) is 2.30. The molecule has 130 valence electrons. The van der Waals surface area contributed by atoms with E-state index in [1.54, 1.807) is 24.3 Å². The Morgan fingerprint density at radius 2 is 1.35 bits per heavy atom.